The van der Waals surface area contributed by atoms with Gasteiger partial charge in [-0.2, -0.15) is 0 Å². The molecule has 3 heterocycles. The second-order valence-electron chi connectivity index (χ2n) is 7.44. The number of nitrogens with zero attached hydrogens (tertiary/aromatic N) is 3. The van der Waals surface area contributed by atoms with Crippen molar-refractivity contribution in [3.05, 3.63) is 102 Å². The van der Waals surface area contributed by atoms with Crippen molar-refractivity contribution in [1.29, 1.82) is 0 Å². The summed E-state index contributed by atoms with van der Waals surface area (Å²) in [5, 5.41) is 1.43. The number of rotatable bonds is 2. The summed E-state index contributed by atoms with van der Waals surface area (Å²) in [6.45, 7) is 0. The number of halogens is 4. The number of pyridine rings is 1. The maximum atomic E-state index is 15.4. The second kappa shape index (κ2) is 6.68. The summed E-state index contributed by atoms with van der Waals surface area (Å²) < 4.78 is 64.1. The molecule has 0 aliphatic rings. The van der Waals surface area contributed by atoms with Crippen LogP contribution in [-0.2, 0) is 0 Å². The third-order valence-corrected chi connectivity index (χ3v) is 5.66. The van der Waals surface area contributed by atoms with Crippen LogP contribution in [0.2, 0.25) is 0 Å². The molecule has 0 aliphatic carbocycles. The third-order valence-electron chi connectivity index (χ3n) is 5.66. The van der Waals surface area contributed by atoms with E-state index in [0.29, 0.717) is 27.5 Å². The molecule has 6 rings (SSSR count). The number of fused-ring (bicyclic) bond motifs is 4. The van der Waals surface area contributed by atoms with E-state index in [4.69, 9.17) is 0 Å². The molecule has 32 heavy (non-hydrogen) atoms. The zero-order valence-corrected chi connectivity index (χ0v) is 16.4. The van der Waals surface area contributed by atoms with Crippen molar-refractivity contribution in [3.8, 4) is 16.9 Å². The van der Waals surface area contributed by atoms with Crippen LogP contribution in [0.5, 0.6) is 0 Å². The van der Waals surface area contributed by atoms with Crippen molar-refractivity contribution in [2.75, 3.05) is 0 Å². The van der Waals surface area contributed by atoms with Gasteiger partial charge in [0.05, 0.1) is 22.3 Å². The van der Waals surface area contributed by atoms with Crippen LogP contribution in [0, 0.1) is 23.3 Å². The van der Waals surface area contributed by atoms with Crippen LogP contribution in [0.3, 0.4) is 0 Å². The smallest absolute Gasteiger partial charge is 0.186 e. The van der Waals surface area contributed by atoms with E-state index < -0.39 is 34.5 Å². The highest BCUT2D eigenvalue weighted by molar-refractivity contribution is 6.09. The standard InChI is InChI=1S/C25H13F4N3/c26-21-20(16-13-31-12-6-5-11-19(31)30-16)22(27)24(29)25(23(21)28)32-17-9-3-1-7-14(17)15-8-2-4-10-18(15)32/h1-13H. The third kappa shape index (κ3) is 2.45. The van der Waals surface area contributed by atoms with Gasteiger partial charge >= 0.3 is 0 Å². The molecule has 3 nitrogen and oxygen atoms in total. The fraction of sp³-hybridized carbons (Fsp3) is 0. The van der Waals surface area contributed by atoms with Gasteiger partial charge in [-0.25, -0.2) is 22.5 Å². The van der Waals surface area contributed by atoms with Crippen molar-refractivity contribution in [2.24, 2.45) is 0 Å². The van der Waals surface area contributed by atoms with Crippen LogP contribution in [-0.4, -0.2) is 14.0 Å². The summed E-state index contributed by atoms with van der Waals surface area (Å²) in [6, 6.07) is 18.9. The fourth-order valence-corrected chi connectivity index (χ4v) is 4.26. The summed E-state index contributed by atoms with van der Waals surface area (Å²) in [6.07, 6.45) is 2.96. The topological polar surface area (TPSA) is 22.2 Å². The van der Waals surface area contributed by atoms with Gasteiger partial charge in [0.1, 0.15) is 11.3 Å². The number of imidazole rings is 1. The van der Waals surface area contributed by atoms with Crippen LogP contribution in [0.1, 0.15) is 0 Å². The highest BCUT2D eigenvalue weighted by atomic mass is 19.2. The molecule has 0 atom stereocenters. The Hall–Kier alpha value is -4.13. The quantitative estimate of drug-likeness (QED) is 0.222. The van der Waals surface area contributed by atoms with E-state index in [1.54, 1.807) is 72.9 Å². The van der Waals surface area contributed by atoms with Crippen LogP contribution < -0.4 is 0 Å². The van der Waals surface area contributed by atoms with Gasteiger partial charge in [0, 0.05) is 23.2 Å². The van der Waals surface area contributed by atoms with E-state index in [1.165, 1.54) is 15.2 Å². The number of aromatic nitrogens is 3. The Morgan fingerprint density at radius 1 is 0.625 bits per heavy atom. The van der Waals surface area contributed by atoms with E-state index >= 15 is 17.6 Å². The predicted octanol–water partition coefficient (Wildman–Crippen LogP) is 6.65. The SMILES string of the molecule is Fc1c(F)c(-n2c3ccccc3c3ccccc32)c(F)c(F)c1-c1cn2ccccc2n1. The van der Waals surface area contributed by atoms with E-state index in [0.717, 1.165) is 0 Å². The Labute approximate surface area is 178 Å². The summed E-state index contributed by atoms with van der Waals surface area (Å²) >= 11 is 0. The van der Waals surface area contributed by atoms with Crippen molar-refractivity contribution in [2.45, 2.75) is 0 Å². The molecule has 0 aliphatic heterocycles. The Balaban J connectivity index is 1.70. The average molecular weight is 431 g/mol. The van der Waals surface area contributed by atoms with Crippen LogP contribution in [0.15, 0.2) is 79.1 Å². The van der Waals surface area contributed by atoms with Crippen LogP contribution in [0.25, 0.3) is 44.4 Å². The monoisotopic (exact) mass is 431 g/mol. The Kier molecular flexibility index (Phi) is 3.89. The average Bonchev–Trinajstić information content (AvgIpc) is 3.38. The van der Waals surface area contributed by atoms with Crippen LogP contribution >= 0.6 is 0 Å². The minimum absolute atomic E-state index is 0.197. The number of benzene rings is 3. The first-order chi connectivity index (χ1) is 15.6. The molecule has 0 spiro atoms. The highest BCUT2D eigenvalue weighted by Gasteiger charge is 2.30. The molecule has 0 bridgehead atoms. The number of hydrogen-bond acceptors (Lipinski definition) is 1. The van der Waals surface area contributed by atoms with Gasteiger partial charge in [-0.1, -0.05) is 42.5 Å². The Bertz CT molecular complexity index is 1560. The molecule has 3 aromatic heterocycles. The molecule has 6 aromatic rings. The molecule has 0 radical (unpaired) electrons. The van der Waals surface area contributed by atoms with Gasteiger partial charge in [0.15, 0.2) is 23.3 Å². The first-order valence-electron chi connectivity index (χ1n) is 9.85. The summed E-state index contributed by atoms with van der Waals surface area (Å²) in [7, 11) is 0. The highest BCUT2D eigenvalue weighted by Crippen LogP contribution is 2.38. The predicted molar refractivity (Wildman–Crippen MR) is 115 cm³/mol. The largest absolute Gasteiger partial charge is 0.306 e. The van der Waals surface area contributed by atoms with E-state index in [-0.39, 0.29) is 5.69 Å². The van der Waals surface area contributed by atoms with Gasteiger partial charge < -0.3 is 8.97 Å². The summed E-state index contributed by atoms with van der Waals surface area (Å²) in [5.74, 6) is -5.96. The number of hydrogen-bond donors (Lipinski definition) is 0. The molecular formula is C25H13F4N3. The summed E-state index contributed by atoms with van der Waals surface area (Å²) in [4.78, 5) is 4.12. The van der Waals surface area contributed by atoms with Crippen molar-refractivity contribution in [3.63, 3.8) is 0 Å². The van der Waals surface area contributed by atoms with Gasteiger partial charge in [-0.3, -0.25) is 0 Å². The first kappa shape index (κ1) is 18.6. The van der Waals surface area contributed by atoms with Crippen molar-refractivity contribution < 1.29 is 17.6 Å². The molecule has 0 amide bonds. The molecule has 0 N–H and O–H groups in total. The first-order valence-corrected chi connectivity index (χ1v) is 9.85. The van der Waals surface area contributed by atoms with E-state index in [2.05, 4.69) is 4.98 Å². The van der Waals surface area contributed by atoms with Gasteiger partial charge in [0.2, 0.25) is 0 Å². The van der Waals surface area contributed by atoms with Crippen LogP contribution in [0.4, 0.5) is 17.6 Å². The van der Waals surface area contributed by atoms with E-state index in [1.807, 2.05) is 0 Å². The van der Waals surface area contributed by atoms with Crippen molar-refractivity contribution in [1.82, 2.24) is 14.0 Å². The minimum Gasteiger partial charge on any atom is -0.306 e. The van der Waals surface area contributed by atoms with Gasteiger partial charge in [-0.05, 0) is 24.3 Å². The fourth-order valence-electron chi connectivity index (χ4n) is 4.26. The zero-order chi connectivity index (χ0) is 22.0. The molecule has 0 saturated carbocycles. The van der Waals surface area contributed by atoms with Gasteiger partial charge in [0.25, 0.3) is 0 Å². The maximum Gasteiger partial charge on any atom is 0.186 e. The lowest BCUT2D eigenvalue weighted by atomic mass is 10.1. The Morgan fingerprint density at radius 3 is 1.78 bits per heavy atom. The second-order valence-corrected chi connectivity index (χ2v) is 7.44. The lowest BCUT2D eigenvalue weighted by Gasteiger charge is -2.14. The molecule has 7 heteroatoms. The number of para-hydroxylation sites is 2. The molecule has 0 saturated heterocycles. The molecule has 156 valence electrons. The molecule has 0 unspecified atom stereocenters. The molecular weight excluding hydrogens is 418 g/mol. The van der Waals surface area contributed by atoms with Gasteiger partial charge in [-0.15, -0.1) is 0 Å². The van der Waals surface area contributed by atoms with E-state index in [9.17, 15) is 0 Å². The maximum absolute atomic E-state index is 15.4. The minimum atomic E-state index is -1.50. The Morgan fingerprint density at radius 2 is 1.19 bits per heavy atom. The molecule has 0 fully saturated rings. The lowest BCUT2D eigenvalue weighted by molar-refractivity contribution is 0.453. The molecule has 3 aromatic carbocycles. The lowest BCUT2D eigenvalue weighted by Crippen LogP contribution is -2.09. The zero-order valence-electron chi connectivity index (χ0n) is 16.4. The normalized spacial score (nSPS) is 11.8. The summed E-state index contributed by atoms with van der Waals surface area (Å²) in [5.41, 5.74) is -0.568. The van der Waals surface area contributed by atoms with Crippen molar-refractivity contribution >= 4 is 27.5 Å².